The highest BCUT2D eigenvalue weighted by atomic mass is 35.5. The van der Waals surface area contributed by atoms with Gasteiger partial charge in [-0.15, -0.1) is 11.3 Å². The summed E-state index contributed by atoms with van der Waals surface area (Å²) in [5.41, 5.74) is 2.77. The van der Waals surface area contributed by atoms with Crippen LogP contribution < -0.4 is 5.32 Å². The van der Waals surface area contributed by atoms with Gasteiger partial charge in [0.05, 0.1) is 10.0 Å². The topological polar surface area (TPSA) is 66.4 Å². The molecule has 7 heteroatoms. The Morgan fingerprint density at radius 1 is 1.04 bits per heavy atom. The highest BCUT2D eigenvalue weighted by Crippen LogP contribution is 2.36. The van der Waals surface area contributed by atoms with Gasteiger partial charge in [0.25, 0.3) is 5.91 Å². The van der Waals surface area contributed by atoms with Crippen LogP contribution in [-0.2, 0) is 0 Å². The first-order chi connectivity index (χ1) is 12.4. The Kier molecular flexibility index (Phi) is 5.32. The summed E-state index contributed by atoms with van der Waals surface area (Å²) < 4.78 is 0. The molecule has 0 aliphatic rings. The van der Waals surface area contributed by atoms with Gasteiger partial charge >= 0.3 is 5.97 Å². The monoisotopic (exact) mass is 405 g/mol. The van der Waals surface area contributed by atoms with Crippen LogP contribution in [0.2, 0.25) is 10.0 Å². The van der Waals surface area contributed by atoms with E-state index < -0.39 is 11.9 Å². The number of amides is 1. The van der Waals surface area contributed by atoms with Crippen LogP contribution in [0, 0.1) is 6.92 Å². The molecule has 3 aromatic rings. The molecule has 0 spiro atoms. The first-order valence-electron chi connectivity index (χ1n) is 7.55. The van der Waals surface area contributed by atoms with E-state index in [9.17, 15) is 14.7 Å². The summed E-state index contributed by atoms with van der Waals surface area (Å²) in [7, 11) is 0. The van der Waals surface area contributed by atoms with Crippen LogP contribution >= 0.6 is 34.5 Å². The van der Waals surface area contributed by atoms with E-state index >= 15 is 0 Å². The number of carboxylic acid groups (broad SMARTS) is 1. The van der Waals surface area contributed by atoms with Gasteiger partial charge < -0.3 is 10.4 Å². The molecule has 0 aliphatic heterocycles. The van der Waals surface area contributed by atoms with E-state index in [2.05, 4.69) is 5.32 Å². The summed E-state index contributed by atoms with van der Waals surface area (Å²) in [6.45, 7) is 1.96. The van der Waals surface area contributed by atoms with Crippen LogP contribution in [0.5, 0.6) is 0 Å². The molecule has 0 unspecified atom stereocenters. The fourth-order valence-electron chi connectivity index (χ4n) is 2.42. The molecule has 2 aromatic carbocycles. The number of hydrogen-bond donors (Lipinski definition) is 2. The van der Waals surface area contributed by atoms with E-state index in [0.29, 0.717) is 16.1 Å². The lowest BCUT2D eigenvalue weighted by molar-refractivity contribution is 0.0699. The Bertz CT molecular complexity index is 997. The zero-order chi connectivity index (χ0) is 18.8. The molecule has 1 aromatic heterocycles. The number of thiophene rings is 1. The minimum absolute atomic E-state index is 0.0623. The Morgan fingerprint density at radius 2 is 1.73 bits per heavy atom. The lowest BCUT2D eigenvalue weighted by atomic mass is 10.0. The summed E-state index contributed by atoms with van der Waals surface area (Å²) >= 11 is 13.0. The molecule has 0 saturated carbocycles. The van der Waals surface area contributed by atoms with Crippen molar-refractivity contribution in [2.45, 2.75) is 6.92 Å². The predicted molar refractivity (Wildman–Crippen MR) is 106 cm³/mol. The lowest BCUT2D eigenvalue weighted by Gasteiger charge is -2.07. The van der Waals surface area contributed by atoms with Crippen molar-refractivity contribution in [1.82, 2.24) is 0 Å². The third-order valence-electron chi connectivity index (χ3n) is 3.78. The average Bonchev–Trinajstić information content (AvgIpc) is 3.01. The van der Waals surface area contributed by atoms with E-state index in [1.165, 1.54) is 18.2 Å². The number of carbonyl (C=O) groups excluding carboxylic acids is 1. The first kappa shape index (κ1) is 18.5. The molecule has 2 N–H and O–H groups in total. The molecule has 0 atom stereocenters. The van der Waals surface area contributed by atoms with E-state index in [4.69, 9.17) is 23.2 Å². The number of carboxylic acids is 1. The number of halogens is 2. The van der Waals surface area contributed by atoms with Crippen molar-refractivity contribution in [1.29, 1.82) is 0 Å². The number of carbonyl (C=O) groups is 2. The zero-order valence-corrected chi connectivity index (χ0v) is 15.9. The molecule has 132 valence electrons. The fraction of sp³-hybridized carbons (Fsp3) is 0.0526. The van der Waals surface area contributed by atoms with Crippen molar-refractivity contribution in [3.05, 3.63) is 74.6 Å². The molecule has 0 bridgehead atoms. The molecule has 0 aliphatic carbocycles. The van der Waals surface area contributed by atoms with Crippen molar-refractivity contribution >= 4 is 51.4 Å². The summed E-state index contributed by atoms with van der Waals surface area (Å²) in [5, 5.41) is 14.9. The number of anilines is 1. The summed E-state index contributed by atoms with van der Waals surface area (Å²) in [6, 6.07) is 12.0. The van der Waals surface area contributed by atoms with E-state index in [0.717, 1.165) is 22.5 Å². The molecule has 3 rings (SSSR count). The molecule has 0 fully saturated rings. The second-order valence-electron chi connectivity index (χ2n) is 5.61. The third kappa shape index (κ3) is 3.75. The Balaban J connectivity index is 1.95. The Morgan fingerprint density at radius 3 is 2.35 bits per heavy atom. The maximum Gasteiger partial charge on any atom is 0.339 e. The normalized spacial score (nSPS) is 10.6. The van der Waals surface area contributed by atoms with Crippen LogP contribution in [-0.4, -0.2) is 17.0 Å². The number of aryl methyl sites for hydroxylation is 1. The van der Waals surface area contributed by atoms with Crippen molar-refractivity contribution in [2.75, 3.05) is 5.32 Å². The van der Waals surface area contributed by atoms with Crippen molar-refractivity contribution < 1.29 is 14.7 Å². The maximum absolute atomic E-state index is 12.4. The highest BCUT2D eigenvalue weighted by molar-refractivity contribution is 7.15. The van der Waals surface area contributed by atoms with E-state index in [1.54, 1.807) is 5.38 Å². The van der Waals surface area contributed by atoms with E-state index in [1.807, 2.05) is 31.2 Å². The molecule has 1 amide bonds. The van der Waals surface area contributed by atoms with Crippen LogP contribution in [0.15, 0.2) is 47.8 Å². The van der Waals surface area contributed by atoms with Gasteiger partial charge in [0.1, 0.15) is 10.6 Å². The predicted octanol–water partition coefficient (Wildman–Crippen LogP) is 5.98. The largest absolute Gasteiger partial charge is 0.478 e. The van der Waals surface area contributed by atoms with Gasteiger partial charge in [-0.25, -0.2) is 4.79 Å². The molecule has 0 radical (unpaired) electrons. The number of benzene rings is 2. The summed E-state index contributed by atoms with van der Waals surface area (Å²) in [6.07, 6.45) is 0. The second kappa shape index (κ2) is 7.50. The molecule has 4 nitrogen and oxygen atoms in total. The smallest absolute Gasteiger partial charge is 0.339 e. The van der Waals surface area contributed by atoms with Gasteiger partial charge in [-0.2, -0.15) is 0 Å². The van der Waals surface area contributed by atoms with Gasteiger partial charge in [-0.3, -0.25) is 4.79 Å². The second-order valence-corrected chi connectivity index (χ2v) is 7.30. The van der Waals surface area contributed by atoms with Gasteiger partial charge in [-0.1, -0.05) is 53.0 Å². The van der Waals surface area contributed by atoms with Crippen molar-refractivity contribution in [3.8, 4) is 11.1 Å². The van der Waals surface area contributed by atoms with Gasteiger partial charge in [0, 0.05) is 16.5 Å². The zero-order valence-electron chi connectivity index (χ0n) is 13.5. The van der Waals surface area contributed by atoms with Crippen LogP contribution in [0.25, 0.3) is 11.1 Å². The van der Waals surface area contributed by atoms with Gasteiger partial charge in [-0.05, 0) is 30.7 Å². The number of hydrogen-bond acceptors (Lipinski definition) is 3. The summed E-state index contributed by atoms with van der Waals surface area (Å²) in [4.78, 5) is 24.2. The Hall–Kier alpha value is -2.34. The standard InChI is InChI=1S/C19H13Cl2NO3S/c1-10-2-4-11(5-3-10)13-9-26-18(16(13)19(24)25)22-17(23)12-6-7-14(20)15(21)8-12/h2-9H,1H3,(H,22,23)(H,24,25). The fourth-order valence-corrected chi connectivity index (χ4v) is 3.67. The minimum atomic E-state index is -1.11. The van der Waals surface area contributed by atoms with Crippen molar-refractivity contribution in [2.24, 2.45) is 0 Å². The van der Waals surface area contributed by atoms with Crippen LogP contribution in [0.1, 0.15) is 26.3 Å². The van der Waals surface area contributed by atoms with Gasteiger partial charge in [0.2, 0.25) is 0 Å². The minimum Gasteiger partial charge on any atom is -0.478 e. The lowest BCUT2D eigenvalue weighted by Crippen LogP contribution is -2.13. The molecular weight excluding hydrogens is 393 g/mol. The first-order valence-corrected chi connectivity index (χ1v) is 9.18. The quantitative estimate of drug-likeness (QED) is 0.560. The van der Waals surface area contributed by atoms with E-state index in [-0.39, 0.29) is 15.6 Å². The number of nitrogens with one attached hydrogen (secondary N) is 1. The molecule has 0 saturated heterocycles. The molecule has 1 heterocycles. The van der Waals surface area contributed by atoms with Crippen LogP contribution in [0.3, 0.4) is 0 Å². The average molecular weight is 406 g/mol. The number of aromatic carboxylic acids is 1. The van der Waals surface area contributed by atoms with Gasteiger partial charge in [0.15, 0.2) is 0 Å². The van der Waals surface area contributed by atoms with Crippen LogP contribution in [0.4, 0.5) is 5.00 Å². The maximum atomic E-state index is 12.4. The molecule has 26 heavy (non-hydrogen) atoms. The summed E-state index contributed by atoms with van der Waals surface area (Å²) in [5.74, 6) is -1.56. The molecular formula is C19H13Cl2NO3S. The SMILES string of the molecule is Cc1ccc(-c2csc(NC(=O)c3ccc(Cl)c(Cl)c3)c2C(=O)O)cc1. The number of rotatable bonds is 4. The highest BCUT2D eigenvalue weighted by Gasteiger charge is 2.21. The Labute approximate surface area is 164 Å². The third-order valence-corrected chi connectivity index (χ3v) is 5.41. The van der Waals surface area contributed by atoms with Crippen molar-refractivity contribution in [3.63, 3.8) is 0 Å².